The van der Waals surface area contributed by atoms with Crippen molar-refractivity contribution in [3.05, 3.63) is 18.2 Å². The molecule has 0 amide bonds. The first-order valence-corrected chi connectivity index (χ1v) is 8.22. The van der Waals surface area contributed by atoms with Gasteiger partial charge in [0, 0.05) is 23.5 Å². The van der Waals surface area contributed by atoms with Gasteiger partial charge in [-0.05, 0) is 37.9 Å². The monoisotopic (exact) mass is 267 g/mol. The molecular weight excluding hydrogens is 242 g/mol. The van der Waals surface area contributed by atoms with Crippen molar-refractivity contribution in [2.75, 3.05) is 6.26 Å². The number of hydrogen-bond donors (Lipinski definition) is 1. The van der Waals surface area contributed by atoms with Gasteiger partial charge < -0.3 is 10.3 Å². The van der Waals surface area contributed by atoms with E-state index < -0.39 is 0 Å². The van der Waals surface area contributed by atoms with E-state index in [1.807, 2.05) is 24.3 Å². The van der Waals surface area contributed by atoms with Gasteiger partial charge in [0.1, 0.15) is 0 Å². The molecule has 2 N–H and O–H groups in total. The van der Waals surface area contributed by atoms with E-state index in [-0.39, 0.29) is 6.04 Å². The van der Waals surface area contributed by atoms with Crippen molar-refractivity contribution >= 4 is 11.8 Å². The highest BCUT2D eigenvalue weighted by Gasteiger charge is 2.25. The maximum atomic E-state index is 6.28. The first kappa shape index (κ1) is 13.9. The third-order valence-corrected chi connectivity index (χ3v) is 5.26. The van der Waals surface area contributed by atoms with Crippen LogP contribution in [0.15, 0.2) is 12.5 Å². The molecular formula is C14H25N3S. The van der Waals surface area contributed by atoms with E-state index in [1.54, 1.807) is 0 Å². The highest BCUT2D eigenvalue weighted by Crippen LogP contribution is 2.35. The standard InChI is InChI=1S/C14H25N3S/c1-10(2)14(15)13-8-16-9-17(13)11-4-6-12(18-3)7-5-11/h8-12,14H,4-7,15H2,1-3H3. The first-order valence-electron chi connectivity index (χ1n) is 6.93. The Kier molecular flexibility index (Phi) is 4.73. The highest BCUT2D eigenvalue weighted by molar-refractivity contribution is 7.99. The molecule has 1 aromatic rings. The van der Waals surface area contributed by atoms with Crippen molar-refractivity contribution in [1.29, 1.82) is 0 Å². The molecule has 0 spiro atoms. The molecule has 18 heavy (non-hydrogen) atoms. The summed E-state index contributed by atoms with van der Waals surface area (Å²) < 4.78 is 2.33. The number of nitrogens with zero attached hydrogens (tertiary/aromatic N) is 2. The summed E-state index contributed by atoms with van der Waals surface area (Å²) in [7, 11) is 0. The SMILES string of the molecule is CSC1CCC(n2cncc2C(N)C(C)C)CC1. The van der Waals surface area contributed by atoms with Gasteiger partial charge in [-0.15, -0.1) is 0 Å². The molecule has 1 aromatic heterocycles. The lowest BCUT2D eigenvalue weighted by Gasteiger charge is -2.30. The second kappa shape index (κ2) is 6.11. The van der Waals surface area contributed by atoms with Crippen molar-refractivity contribution in [1.82, 2.24) is 9.55 Å². The lowest BCUT2D eigenvalue weighted by atomic mass is 9.93. The number of aromatic nitrogens is 2. The van der Waals surface area contributed by atoms with E-state index in [1.165, 1.54) is 31.4 Å². The second-order valence-corrected chi connectivity index (χ2v) is 6.80. The molecule has 4 heteroatoms. The van der Waals surface area contributed by atoms with Crippen LogP contribution < -0.4 is 5.73 Å². The molecule has 1 aliphatic rings. The van der Waals surface area contributed by atoms with Crippen molar-refractivity contribution in [3.8, 4) is 0 Å². The van der Waals surface area contributed by atoms with Crippen molar-refractivity contribution in [2.24, 2.45) is 11.7 Å². The molecule has 0 aromatic carbocycles. The lowest BCUT2D eigenvalue weighted by molar-refractivity contribution is 0.340. The highest BCUT2D eigenvalue weighted by atomic mass is 32.2. The summed E-state index contributed by atoms with van der Waals surface area (Å²) in [6.45, 7) is 4.35. The molecule has 1 saturated carbocycles. The molecule has 102 valence electrons. The zero-order valence-electron chi connectivity index (χ0n) is 11.7. The van der Waals surface area contributed by atoms with Gasteiger partial charge in [-0.1, -0.05) is 13.8 Å². The van der Waals surface area contributed by atoms with E-state index in [9.17, 15) is 0 Å². The molecule has 0 radical (unpaired) electrons. The lowest BCUT2D eigenvalue weighted by Crippen LogP contribution is -2.25. The summed E-state index contributed by atoms with van der Waals surface area (Å²) in [6.07, 6.45) is 11.3. The minimum Gasteiger partial charge on any atom is -0.330 e. The fourth-order valence-electron chi connectivity index (χ4n) is 2.78. The predicted molar refractivity (Wildman–Crippen MR) is 78.8 cm³/mol. The van der Waals surface area contributed by atoms with Crippen molar-refractivity contribution < 1.29 is 0 Å². The van der Waals surface area contributed by atoms with E-state index in [0.717, 1.165) is 5.25 Å². The number of thioether (sulfide) groups is 1. The first-order chi connectivity index (χ1) is 8.63. The summed E-state index contributed by atoms with van der Waals surface area (Å²) >= 11 is 2.01. The zero-order chi connectivity index (χ0) is 13.1. The molecule has 0 saturated heterocycles. The predicted octanol–water partition coefficient (Wildman–Crippen LogP) is 3.39. The van der Waals surface area contributed by atoms with Gasteiger partial charge in [0.2, 0.25) is 0 Å². The van der Waals surface area contributed by atoms with Crippen LogP contribution in [0.4, 0.5) is 0 Å². The Balaban J connectivity index is 2.08. The fourth-order valence-corrected chi connectivity index (χ4v) is 3.52. The van der Waals surface area contributed by atoms with Crippen LogP contribution in [-0.2, 0) is 0 Å². The Morgan fingerprint density at radius 3 is 2.56 bits per heavy atom. The van der Waals surface area contributed by atoms with Crippen LogP contribution in [0.5, 0.6) is 0 Å². The Morgan fingerprint density at radius 1 is 1.33 bits per heavy atom. The molecule has 1 unspecified atom stereocenters. The third-order valence-electron chi connectivity index (χ3n) is 4.13. The van der Waals surface area contributed by atoms with Crippen LogP contribution in [0.1, 0.15) is 57.3 Å². The maximum Gasteiger partial charge on any atom is 0.0951 e. The number of rotatable bonds is 4. The minimum atomic E-state index is 0.103. The van der Waals surface area contributed by atoms with E-state index in [4.69, 9.17) is 5.73 Å². The van der Waals surface area contributed by atoms with Gasteiger partial charge in [0.15, 0.2) is 0 Å². The minimum absolute atomic E-state index is 0.103. The van der Waals surface area contributed by atoms with Crippen molar-refractivity contribution in [3.63, 3.8) is 0 Å². The molecule has 3 nitrogen and oxygen atoms in total. The molecule has 0 aliphatic heterocycles. The summed E-state index contributed by atoms with van der Waals surface area (Å²) in [6, 6.07) is 0.710. The molecule has 2 rings (SSSR count). The second-order valence-electron chi connectivity index (χ2n) is 5.66. The van der Waals surface area contributed by atoms with Gasteiger partial charge >= 0.3 is 0 Å². The number of imidazole rings is 1. The zero-order valence-corrected chi connectivity index (χ0v) is 12.5. The Morgan fingerprint density at radius 2 is 2.00 bits per heavy atom. The van der Waals surface area contributed by atoms with Gasteiger partial charge in [0.05, 0.1) is 12.0 Å². The van der Waals surface area contributed by atoms with E-state index >= 15 is 0 Å². The van der Waals surface area contributed by atoms with Crippen LogP contribution in [0, 0.1) is 5.92 Å². The molecule has 1 fully saturated rings. The Hall–Kier alpha value is -0.480. The van der Waals surface area contributed by atoms with E-state index in [0.29, 0.717) is 12.0 Å². The maximum absolute atomic E-state index is 6.28. The number of nitrogens with two attached hydrogens (primary N) is 1. The smallest absolute Gasteiger partial charge is 0.0951 e. The summed E-state index contributed by atoms with van der Waals surface area (Å²) in [5.74, 6) is 0.461. The number of hydrogen-bond acceptors (Lipinski definition) is 3. The van der Waals surface area contributed by atoms with Crippen LogP contribution in [-0.4, -0.2) is 21.1 Å². The van der Waals surface area contributed by atoms with Crippen LogP contribution in [0.2, 0.25) is 0 Å². The molecule has 1 aliphatic carbocycles. The molecule has 1 atom stereocenters. The van der Waals surface area contributed by atoms with E-state index in [2.05, 4.69) is 29.7 Å². The Labute approximate surface area is 115 Å². The fraction of sp³-hybridized carbons (Fsp3) is 0.786. The summed E-state index contributed by atoms with van der Waals surface area (Å²) in [4.78, 5) is 4.32. The average Bonchev–Trinajstić information content (AvgIpc) is 2.87. The van der Waals surface area contributed by atoms with Crippen LogP contribution in [0.3, 0.4) is 0 Å². The van der Waals surface area contributed by atoms with Gasteiger partial charge in [-0.25, -0.2) is 4.98 Å². The molecule has 0 bridgehead atoms. The van der Waals surface area contributed by atoms with Gasteiger partial charge in [-0.2, -0.15) is 11.8 Å². The van der Waals surface area contributed by atoms with Crippen LogP contribution >= 0.6 is 11.8 Å². The van der Waals surface area contributed by atoms with Gasteiger partial charge in [0.25, 0.3) is 0 Å². The third kappa shape index (κ3) is 2.91. The van der Waals surface area contributed by atoms with Crippen LogP contribution in [0.25, 0.3) is 0 Å². The summed E-state index contributed by atoms with van der Waals surface area (Å²) in [5.41, 5.74) is 7.48. The Bertz CT molecular complexity index is 367. The normalized spacial score (nSPS) is 26.5. The van der Waals surface area contributed by atoms with Crippen molar-refractivity contribution in [2.45, 2.75) is 56.9 Å². The molecule has 1 heterocycles. The quantitative estimate of drug-likeness (QED) is 0.909. The summed E-state index contributed by atoms with van der Waals surface area (Å²) in [5, 5.41) is 0.854. The largest absolute Gasteiger partial charge is 0.330 e. The topological polar surface area (TPSA) is 43.8 Å². The average molecular weight is 267 g/mol. The van der Waals surface area contributed by atoms with Gasteiger partial charge in [-0.3, -0.25) is 0 Å².